The summed E-state index contributed by atoms with van der Waals surface area (Å²) in [6.45, 7) is 3.92. The van der Waals surface area contributed by atoms with Crippen LogP contribution in [-0.4, -0.2) is 23.5 Å². The number of ether oxygens (including phenoxy) is 1. The second-order valence-corrected chi connectivity index (χ2v) is 4.90. The van der Waals surface area contributed by atoms with Gasteiger partial charge in [0.2, 0.25) is 0 Å². The van der Waals surface area contributed by atoms with Gasteiger partial charge >= 0.3 is 5.97 Å². The Morgan fingerprint density at radius 3 is 2.55 bits per heavy atom. The van der Waals surface area contributed by atoms with Crippen LogP contribution in [0.5, 0.6) is 0 Å². The lowest BCUT2D eigenvalue weighted by Crippen LogP contribution is -2.12. The minimum absolute atomic E-state index is 0.257. The molecule has 1 N–H and O–H groups in total. The summed E-state index contributed by atoms with van der Waals surface area (Å²) >= 11 is 1.29. The molecular formula is C14H14N2O3S. The Bertz CT molecular complexity index is 620. The van der Waals surface area contributed by atoms with Crippen LogP contribution in [0.3, 0.4) is 0 Å². The van der Waals surface area contributed by atoms with Crippen LogP contribution in [0.2, 0.25) is 0 Å². The van der Waals surface area contributed by atoms with Crippen LogP contribution in [0, 0.1) is 6.92 Å². The first-order chi connectivity index (χ1) is 9.60. The van der Waals surface area contributed by atoms with Crippen LogP contribution >= 0.6 is 11.3 Å². The molecule has 104 valence electrons. The van der Waals surface area contributed by atoms with E-state index in [1.807, 2.05) is 12.3 Å². The lowest BCUT2D eigenvalue weighted by Gasteiger charge is -2.05. The summed E-state index contributed by atoms with van der Waals surface area (Å²) in [6, 6.07) is 6.54. The molecule has 0 bridgehead atoms. The molecule has 2 aromatic rings. The van der Waals surface area contributed by atoms with Gasteiger partial charge in [0.1, 0.15) is 0 Å². The summed E-state index contributed by atoms with van der Waals surface area (Å²) in [6.07, 6.45) is 0. The molecule has 6 heteroatoms. The van der Waals surface area contributed by atoms with Gasteiger partial charge in [0, 0.05) is 16.8 Å². The predicted molar refractivity (Wildman–Crippen MR) is 77.2 cm³/mol. The van der Waals surface area contributed by atoms with Crippen molar-refractivity contribution in [3.63, 3.8) is 0 Å². The molecule has 1 heterocycles. The Hall–Kier alpha value is -2.21. The summed E-state index contributed by atoms with van der Waals surface area (Å²) in [5, 5.41) is 4.96. The van der Waals surface area contributed by atoms with Gasteiger partial charge in [-0.2, -0.15) is 0 Å². The highest BCUT2D eigenvalue weighted by atomic mass is 32.1. The number of aromatic nitrogens is 1. The number of carbonyl (C=O) groups is 2. The number of anilines is 1. The Morgan fingerprint density at radius 1 is 1.30 bits per heavy atom. The van der Waals surface area contributed by atoms with Gasteiger partial charge in [-0.15, -0.1) is 11.3 Å². The molecule has 0 unspecified atom stereocenters. The Kier molecular flexibility index (Phi) is 4.47. The highest BCUT2D eigenvalue weighted by Gasteiger charge is 2.11. The van der Waals surface area contributed by atoms with E-state index in [0.29, 0.717) is 22.9 Å². The maximum absolute atomic E-state index is 11.9. The van der Waals surface area contributed by atoms with Gasteiger partial charge in [-0.3, -0.25) is 4.79 Å². The van der Waals surface area contributed by atoms with Crippen molar-refractivity contribution in [1.82, 2.24) is 4.98 Å². The van der Waals surface area contributed by atoms with Crippen molar-refractivity contribution >= 4 is 28.9 Å². The van der Waals surface area contributed by atoms with E-state index in [1.165, 1.54) is 11.3 Å². The van der Waals surface area contributed by atoms with E-state index in [0.717, 1.165) is 5.69 Å². The van der Waals surface area contributed by atoms with Crippen molar-refractivity contribution in [3.8, 4) is 0 Å². The number of benzene rings is 1. The number of nitrogens with one attached hydrogen (secondary N) is 1. The number of carbonyl (C=O) groups excluding carboxylic acids is 2. The fourth-order valence-electron chi connectivity index (χ4n) is 1.55. The number of hydrogen-bond donors (Lipinski definition) is 1. The summed E-state index contributed by atoms with van der Waals surface area (Å²) in [5.74, 6) is -0.632. The molecule has 0 saturated heterocycles. The number of hydrogen-bond acceptors (Lipinski definition) is 5. The first-order valence-corrected chi connectivity index (χ1v) is 6.98. The topological polar surface area (TPSA) is 68.3 Å². The molecular weight excluding hydrogens is 276 g/mol. The van der Waals surface area contributed by atoms with E-state index >= 15 is 0 Å². The molecule has 0 spiro atoms. The molecule has 0 aliphatic carbocycles. The minimum Gasteiger partial charge on any atom is -0.462 e. The van der Waals surface area contributed by atoms with Crippen molar-refractivity contribution in [2.75, 3.05) is 11.9 Å². The average Bonchev–Trinajstić information content (AvgIpc) is 2.86. The van der Waals surface area contributed by atoms with E-state index in [9.17, 15) is 9.59 Å². The van der Waals surface area contributed by atoms with Crippen LogP contribution < -0.4 is 5.32 Å². The maximum atomic E-state index is 11.9. The van der Waals surface area contributed by atoms with Gasteiger partial charge in [0.05, 0.1) is 12.2 Å². The van der Waals surface area contributed by atoms with Crippen molar-refractivity contribution in [2.45, 2.75) is 13.8 Å². The SMILES string of the molecule is CCOC(=O)c1ccc(NC(=O)c2nc(C)cs2)cc1. The molecule has 0 atom stereocenters. The highest BCUT2D eigenvalue weighted by Crippen LogP contribution is 2.14. The zero-order valence-corrected chi connectivity index (χ0v) is 12.0. The lowest BCUT2D eigenvalue weighted by molar-refractivity contribution is 0.0526. The van der Waals surface area contributed by atoms with Crippen LogP contribution in [0.15, 0.2) is 29.6 Å². The van der Waals surface area contributed by atoms with Gasteiger partial charge in [0.15, 0.2) is 5.01 Å². The lowest BCUT2D eigenvalue weighted by atomic mass is 10.2. The first kappa shape index (κ1) is 14.2. The largest absolute Gasteiger partial charge is 0.462 e. The maximum Gasteiger partial charge on any atom is 0.338 e. The number of amides is 1. The van der Waals surface area contributed by atoms with E-state index in [2.05, 4.69) is 10.3 Å². The van der Waals surface area contributed by atoms with Gasteiger partial charge in [0.25, 0.3) is 5.91 Å². The fraction of sp³-hybridized carbons (Fsp3) is 0.214. The quantitative estimate of drug-likeness (QED) is 0.879. The number of nitrogens with zero attached hydrogens (tertiary/aromatic N) is 1. The summed E-state index contributed by atoms with van der Waals surface area (Å²) in [5.41, 5.74) is 1.88. The standard InChI is InChI=1S/C14H14N2O3S/c1-3-19-14(18)10-4-6-11(7-5-10)16-12(17)13-15-9(2)8-20-13/h4-8H,3H2,1-2H3,(H,16,17). The highest BCUT2D eigenvalue weighted by molar-refractivity contribution is 7.11. The molecule has 2 rings (SSSR count). The van der Waals surface area contributed by atoms with Crippen molar-refractivity contribution in [3.05, 3.63) is 45.9 Å². The van der Waals surface area contributed by atoms with E-state index in [1.54, 1.807) is 31.2 Å². The Morgan fingerprint density at radius 2 is 2.00 bits per heavy atom. The van der Waals surface area contributed by atoms with Crippen molar-refractivity contribution in [2.24, 2.45) is 0 Å². The summed E-state index contributed by atoms with van der Waals surface area (Å²) in [4.78, 5) is 27.5. The number of rotatable bonds is 4. The van der Waals surface area contributed by atoms with Crippen LogP contribution in [-0.2, 0) is 4.74 Å². The third-order valence-corrected chi connectivity index (χ3v) is 3.43. The Balaban J connectivity index is 2.04. The van der Waals surface area contributed by atoms with Gasteiger partial charge in [-0.1, -0.05) is 0 Å². The molecule has 1 amide bonds. The third kappa shape index (κ3) is 3.42. The summed E-state index contributed by atoms with van der Waals surface area (Å²) in [7, 11) is 0. The Labute approximate surface area is 120 Å². The van der Waals surface area contributed by atoms with E-state index < -0.39 is 0 Å². The monoisotopic (exact) mass is 290 g/mol. The van der Waals surface area contributed by atoms with Crippen LogP contribution in [0.25, 0.3) is 0 Å². The van der Waals surface area contributed by atoms with Gasteiger partial charge < -0.3 is 10.1 Å². The molecule has 1 aromatic carbocycles. The molecule has 0 aliphatic heterocycles. The average molecular weight is 290 g/mol. The van der Waals surface area contributed by atoms with Crippen molar-refractivity contribution < 1.29 is 14.3 Å². The zero-order chi connectivity index (χ0) is 14.5. The molecule has 0 aliphatic rings. The van der Waals surface area contributed by atoms with E-state index in [4.69, 9.17) is 4.74 Å². The van der Waals surface area contributed by atoms with Gasteiger partial charge in [-0.05, 0) is 38.1 Å². The van der Waals surface area contributed by atoms with Gasteiger partial charge in [-0.25, -0.2) is 9.78 Å². The molecule has 20 heavy (non-hydrogen) atoms. The molecule has 5 nitrogen and oxygen atoms in total. The fourth-order valence-corrected chi connectivity index (χ4v) is 2.24. The second kappa shape index (κ2) is 6.29. The van der Waals surface area contributed by atoms with Crippen LogP contribution in [0.4, 0.5) is 5.69 Å². The van der Waals surface area contributed by atoms with Crippen molar-refractivity contribution in [1.29, 1.82) is 0 Å². The summed E-state index contributed by atoms with van der Waals surface area (Å²) < 4.78 is 4.89. The predicted octanol–water partition coefficient (Wildman–Crippen LogP) is 2.88. The molecule has 0 fully saturated rings. The number of esters is 1. The molecule has 0 saturated carbocycles. The third-order valence-electron chi connectivity index (χ3n) is 2.47. The minimum atomic E-state index is -0.374. The smallest absolute Gasteiger partial charge is 0.338 e. The zero-order valence-electron chi connectivity index (χ0n) is 11.2. The first-order valence-electron chi connectivity index (χ1n) is 6.11. The van der Waals surface area contributed by atoms with E-state index in [-0.39, 0.29) is 11.9 Å². The number of aryl methyl sites for hydroxylation is 1. The normalized spacial score (nSPS) is 10.1. The molecule has 0 radical (unpaired) electrons. The molecule has 1 aromatic heterocycles. The second-order valence-electron chi connectivity index (χ2n) is 4.05. The number of thiazole rings is 1. The van der Waals surface area contributed by atoms with Crippen LogP contribution in [0.1, 0.15) is 32.8 Å².